The molecule has 4 heteroatoms. The number of nitrogens with two attached hydrogens (primary N) is 1. The third-order valence-electron chi connectivity index (χ3n) is 3.12. The first kappa shape index (κ1) is 13.6. The summed E-state index contributed by atoms with van der Waals surface area (Å²) in [5.74, 6) is 0. The highest BCUT2D eigenvalue weighted by atomic mass is 32.1. The van der Waals surface area contributed by atoms with E-state index in [0.717, 1.165) is 0 Å². The van der Waals surface area contributed by atoms with E-state index in [0.29, 0.717) is 6.54 Å². The molecule has 0 fully saturated rings. The summed E-state index contributed by atoms with van der Waals surface area (Å²) in [6.45, 7) is 6.84. The fourth-order valence-electron chi connectivity index (χ4n) is 1.63. The zero-order valence-corrected chi connectivity index (χ0v) is 11.3. The lowest BCUT2D eigenvalue weighted by Gasteiger charge is -2.39. The Kier molecular flexibility index (Phi) is 4.50. The van der Waals surface area contributed by atoms with Crippen molar-refractivity contribution in [3.8, 4) is 0 Å². The molecule has 0 aliphatic heterocycles. The van der Waals surface area contributed by atoms with Crippen molar-refractivity contribution in [3.05, 3.63) is 21.9 Å². The average molecular weight is 242 g/mol. The summed E-state index contributed by atoms with van der Waals surface area (Å²) >= 11 is 1.77. The Balaban J connectivity index is 2.90. The van der Waals surface area contributed by atoms with E-state index in [-0.39, 0.29) is 18.2 Å². The number of aliphatic hydroxyl groups is 1. The highest BCUT2D eigenvalue weighted by Gasteiger charge is 2.29. The van der Waals surface area contributed by atoms with Crippen molar-refractivity contribution in [2.45, 2.75) is 32.4 Å². The van der Waals surface area contributed by atoms with Crippen molar-refractivity contribution in [1.29, 1.82) is 0 Å². The van der Waals surface area contributed by atoms with Gasteiger partial charge in [0, 0.05) is 21.8 Å². The van der Waals surface area contributed by atoms with Crippen LogP contribution >= 0.6 is 11.3 Å². The largest absolute Gasteiger partial charge is 0.394 e. The van der Waals surface area contributed by atoms with E-state index >= 15 is 0 Å². The van der Waals surface area contributed by atoms with Crippen molar-refractivity contribution < 1.29 is 5.11 Å². The van der Waals surface area contributed by atoms with Crippen molar-refractivity contribution in [1.82, 2.24) is 4.90 Å². The van der Waals surface area contributed by atoms with Gasteiger partial charge in [0.05, 0.1) is 12.6 Å². The molecule has 1 atom stereocenters. The maximum absolute atomic E-state index is 9.38. The molecule has 0 spiro atoms. The Morgan fingerprint density at radius 3 is 2.50 bits per heavy atom. The number of thiophene rings is 1. The Morgan fingerprint density at radius 1 is 1.50 bits per heavy atom. The number of aryl methyl sites for hydroxylation is 1. The van der Waals surface area contributed by atoms with Crippen molar-refractivity contribution >= 4 is 11.3 Å². The van der Waals surface area contributed by atoms with Gasteiger partial charge in [-0.05, 0) is 40.0 Å². The van der Waals surface area contributed by atoms with Gasteiger partial charge in [-0.1, -0.05) is 0 Å². The standard InChI is InChI=1S/C12H22N2OS/c1-9-5-6-11(16-9)10(7-13)14(4)12(2,3)8-15/h5-6,10,15H,7-8,13H2,1-4H3. The third-order valence-corrected chi connectivity index (χ3v) is 4.22. The molecule has 0 aliphatic carbocycles. The topological polar surface area (TPSA) is 49.5 Å². The fourth-order valence-corrected chi connectivity index (χ4v) is 2.67. The van der Waals surface area contributed by atoms with Gasteiger partial charge in [-0.25, -0.2) is 0 Å². The van der Waals surface area contributed by atoms with Crippen LogP contribution in [0.3, 0.4) is 0 Å². The Labute approximate surface area is 102 Å². The first-order chi connectivity index (χ1) is 7.42. The second-order valence-corrected chi connectivity index (χ2v) is 6.10. The summed E-state index contributed by atoms with van der Waals surface area (Å²) in [5, 5.41) is 9.38. The number of likely N-dealkylation sites (N-methyl/N-ethyl adjacent to an activating group) is 1. The van der Waals surface area contributed by atoms with Gasteiger partial charge in [-0.15, -0.1) is 11.3 Å². The third kappa shape index (κ3) is 2.83. The molecule has 1 aromatic rings. The van der Waals surface area contributed by atoms with Crippen LogP contribution in [0.15, 0.2) is 12.1 Å². The second-order valence-electron chi connectivity index (χ2n) is 4.78. The number of rotatable bonds is 5. The van der Waals surface area contributed by atoms with Crippen LogP contribution in [0.2, 0.25) is 0 Å². The Morgan fingerprint density at radius 2 is 2.12 bits per heavy atom. The van der Waals surface area contributed by atoms with Crippen LogP contribution < -0.4 is 5.73 Å². The van der Waals surface area contributed by atoms with E-state index in [4.69, 9.17) is 5.73 Å². The molecule has 0 saturated heterocycles. The van der Waals surface area contributed by atoms with Gasteiger partial charge in [0.1, 0.15) is 0 Å². The molecular formula is C12H22N2OS. The quantitative estimate of drug-likeness (QED) is 0.827. The van der Waals surface area contributed by atoms with Crippen molar-refractivity contribution in [2.75, 3.05) is 20.2 Å². The van der Waals surface area contributed by atoms with Crippen LogP contribution in [0.4, 0.5) is 0 Å². The molecule has 0 bridgehead atoms. The molecule has 1 rings (SSSR count). The van der Waals surface area contributed by atoms with E-state index in [9.17, 15) is 5.11 Å². The molecule has 3 N–H and O–H groups in total. The number of hydrogen-bond donors (Lipinski definition) is 2. The summed E-state index contributed by atoms with van der Waals surface area (Å²) in [5.41, 5.74) is 5.60. The lowest BCUT2D eigenvalue weighted by atomic mass is 10.0. The van der Waals surface area contributed by atoms with E-state index in [1.807, 2.05) is 20.9 Å². The van der Waals surface area contributed by atoms with Crippen LogP contribution in [0.5, 0.6) is 0 Å². The highest BCUT2D eigenvalue weighted by molar-refractivity contribution is 7.12. The Hall–Kier alpha value is -0.420. The normalized spacial score (nSPS) is 14.4. The predicted octanol–water partition coefficient (Wildman–Crippen LogP) is 1.76. The van der Waals surface area contributed by atoms with Gasteiger partial charge in [0.25, 0.3) is 0 Å². The molecule has 0 amide bonds. The average Bonchev–Trinajstić information content (AvgIpc) is 2.66. The molecule has 16 heavy (non-hydrogen) atoms. The summed E-state index contributed by atoms with van der Waals surface area (Å²) < 4.78 is 0. The molecular weight excluding hydrogens is 220 g/mol. The van der Waals surface area contributed by atoms with Crippen molar-refractivity contribution in [3.63, 3.8) is 0 Å². The molecule has 0 aromatic carbocycles. The first-order valence-corrected chi connectivity index (χ1v) is 6.34. The Bertz CT molecular complexity index is 336. The van der Waals surface area contributed by atoms with Gasteiger partial charge in [0.15, 0.2) is 0 Å². The minimum atomic E-state index is -0.248. The zero-order chi connectivity index (χ0) is 12.3. The van der Waals surface area contributed by atoms with E-state index in [2.05, 4.69) is 24.0 Å². The van der Waals surface area contributed by atoms with Crippen molar-refractivity contribution in [2.24, 2.45) is 5.73 Å². The van der Waals surface area contributed by atoms with Crippen LogP contribution in [0, 0.1) is 6.92 Å². The van der Waals surface area contributed by atoms with Gasteiger partial charge < -0.3 is 10.8 Å². The molecule has 92 valence electrons. The summed E-state index contributed by atoms with van der Waals surface area (Å²) in [6.07, 6.45) is 0. The fraction of sp³-hybridized carbons (Fsp3) is 0.667. The molecule has 1 aromatic heterocycles. The molecule has 1 heterocycles. The van der Waals surface area contributed by atoms with Crippen LogP contribution in [-0.4, -0.2) is 35.7 Å². The minimum Gasteiger partial charge on any atom is -0.394 e. The summed E-state index contributed by atoms with van der Waals surface area (Å²) in [4.78, 5) is 4.71. The molecule has 0 radical (unpaired) electrons. The molecule has 3 nitrogen and oxygen atoms in total. The van der Waals surface area contributed by atoms with E-state index < -0.39 is 0 Å². The zero-order valence-electron chi connectivity index (χ0n) is 10.5. The van der Waals surface area contributed by atoms with E-state index in [1.165, 1.54) is 9.75 Å². The van der Waals surface area contributed by atoms with Crippen LogP contribution in [0.25, 0.3) is 0 Å². The first-order valence-electron chi connectivity index (χ1n) is 5.52. The molecule has 0 saturated carbocycles. The lowest BCUT2D eigenvalue weighted by molar-refractivity contribution is 0.0481. The maximum atomic E-state index is 9.38. The monoisotopic (exact) mass is 242 g/mol. The SMILES string of the molecule is Cc1ccc(C(CN)N(C)C(C)(C)CO)s1. The number of hydrogen-bond acceptors (Lipinski definition) is 4. The van der Waals surface area contributed by atoms with Crippen LogP contribution in [0.1, 0.15) is 29.6 Å². The summed E-state index contributed by atoms with van der Waals surface area (Å²) in [6, 6.07) is 4.42. The number of nitrogens with zero attached hydrogens (tertiary/aromatic N) is 1. The van der Waals surface area contributed by atoms with Gasteiger partial charge in [0.2, 0.25) is 0 Å². The second kappa shape index (κ2) is 5.27. The van der Waals surface area contributed by atoms with Crippen LogP contribution in [-0.2, 0) is 0 Å². The highest BCUT2D eigenvalue weighted by Crippen LogP contribution is 2.30. The lowest BCUT2D eigenvalue weighted by Crippen LogP contribution is -2.47. The molecule has 0 aliphatic rings. The van der Waals surface area contributed by atoms with Gasteiger partial charge >= 0.3 is 0 Å². The van der Waals surface area contributed by atoms with E-state index in [1.54, 1.807) is 11.3 Å². The summed E-state index contributed by atoms with van der Waals surface area (Å²) in [7, 11) is 2.02. The minimum absolute atomic E-state index is 0.129. The van der Waals surface area contributed by atoms with Gasteiger partial charge in [-0.3, -0.25) is 4.90 Å². The smallest absolute Gasteiger partial charge is 0.0610 e. The molecule has 1 unspecified atom stereocenters. The number of aliphatic hydroxyl groups excluding tert-OH is 1. The van der Waals surface area contributed by atoms with Gasteiger partial charge in [-0.2, -0.15) is 0 Å². The predicted molar refractivity (Wildman–Crippen MR) is 69.8 cm³/mol. The maximum Gasteiger partial charge on any atom is 0.0610 e.